The number of nitrogen functional groups attached to an aromatic ring is 1. The van der Waals surface area contributed by atoms with E-state index < -0.39 is 0 Å². The Hall–Kier alpha value is -0.930. The van der Waals surface area contributed by atoms with E-state index in [4.69, 9.17) is 27.2 Å². The van der Waals surface area contributed by atoms with Crippen LogP contribution in [0.4, 0.5) is 5.69 Å². The Morgan fingerprint density at radius 3 is 2.75 bits per heavy atom. The summed E-state index contributed by atoms with van der Waals surface area (Å²) in [6.45, 7) is -0.108. The molecule has 0 spiro atoms. The van der Waals surface area contributed by atoms with Crippen LogP contribution in [-0.2, 0) is 6.61 Å². The van der Waals surface area contributed by atoms with Crippen LogP contribution in [-0.4, -0.2) is 12.2 Å². The molecule has 1 aromatic carbocycles. The minimum Gasteiger partial charge on any atom is -0.496 e. The molecule has 3 N–H and O–H groups in total. The molecule has 66 valence electrons. The van der Waals surface area contributed by atoms with E-state index in [1.165, 1.54) is 7.11 Å². The molecule has 3 nitrogen and oxygen atoms in total. The summed E-state index contributed by atoms with van der Waals surface area (Å²) < 4.78 is 4.97. The summed E-state index contributed by atoms with van der Waals surface area (Å²) >= 11 is 5.73. The molecule has 0 heterocycles. The van der Waals surface area contributed by atoms with Crippen LogP contribution in [0.5, 0.6) is 5.75 Å². The van der Waals surface area contributed by atoms with E-state index in [-0.39, 0.29) is 6.61 Å². The van der Waals surface area contributed by atoms with Crippen LogP contribution in [0.3, 0.4) is 0 Å². The molecule has 0 atom stereocenters. The fourth-order valence-electron chi connectivity index (χ4n) is 0.924. The third-order valence-electron chi connectivity index (χ3n) is 1.57. The molecule has 0 aliphatic carbocycles. The van der Waals surface area contributed by atoms with Gasteiger partial charge in [0.25, 0.3) is 0 Å². The second-order valence-electron chi connectivity index (χ2n) is 2.34. The fraction of sp³-hybridized carbons (Fsp3) is 0.250. The van der Waals surface area contributed by atoms with Gasteiger partial charge in [0.2, 0.25) is 0 Å². The molecule has 1 aromatic rings. The molecule has 1 rings (SSSR count). The summed E-state index contributed by atoms with van der Waals surface area (Å²) in [5.74, 6) is 0.555. The highest BCUT2D eigenvalue weighted by Gasteiger charge is 2.05. The maximum atomic E-state index is 8.89. The number of nitrogens with two attached hydrogens (primary N) is 1. The Balaban J connectivity index is 3.19. The normalized spacial score (nSPS) is 9.92. The van der Waals surface area contributed by atoms with Crippen molar-refractivity contribution in [3.8, 4) is 5.75 Å². The molecule has 0 unspecified atom stereocenters. The van der Waals surface area contributed by atoms with Crippen LogP contribution in [0.15, 0.2) is 12.1 Å². The molecule has 0 fully saturated rings. The molecular weight excluding hydrogens is 178 g/mol. The van der Waals surface area contributed by atoms with Crippen molar-refractivity contribution in [2.75, 3.05) is 12.8 Å². The summed E-state index contributed by atoms with van der Waals surface area (Å²) in [5, 5.41) is 9.32. The van der Waals surface area contributed by atoms with E-state index in [9.17, 15) is 0 Å². The molecule has 0 aromatic heterocycles. The second kappa shape index (κ2) is 3.65. The lowest BCUT2D eigenvalue weighted by Crippen LogP contribution is -1.95. The number of halogens is 1. The number of hydrogen-bond donors (Lipinski definition) is 2. The molecule has 0 aliphatic heterocycles. The van der Waals surface area contributed by atoms with Crippen LogP contribution in [0.1, 0.15) is 5.56 Å². The van der Waals surface area contributed by atoms with Gasteiger partial charge < -0.3 is 15.6 Å². The van der Waals surface area contributed by atoms with Crippen LogP contribution >= 0.6 is 11.6 Å². The van der Waals surface area contributed by atoms with Gasteiger partial charge in [-0.05, 0) is 6.07 Å². The summed E-state index contributed by atoms with van der Waals surface area (Å²) in [6, 6.07) is 3.18. The Morgan fingerprint density at radius 2 is 2.25 bits per heavy atom. The monoisotopic (exact) mass is 187 g/mol. The van der Waals surface area contributed by atoms with Crippen molar-refractivity contribution in [2.45, 2.75) is 6.61 Å². The van der Waals surface area contributed by atoms with Crippen LogP contribution < -0.4 is 10.5 Å². The van der Waals surface area contributed by atoms with Gasteiger partial charge in [0.05, 0.1) is 24.4 Å². The van der Waals surface area contributed by atoms with Gasteiger partial charge in [-0.3, -0.25) is 0 Å². The third kappa shape index (κ3) is 1.62. The first kappa shape index (κ1) is 9.16. The van der Waals surface area contributed by atoms with Crippen LogP contribution in [0.2, 0.25) is 5.02 Å². The average Bonchev–Trinajstić information content (AvgIpc) is 2.09. The fourth-order valence-corrected chi connectivity index (χ4v) is 1.11. The molecule has 0 aliphatic rings. The van der Waals surface area contributed by atoms with Crippen molar-refractivity contribution in [3.05, 3.63) is 22.7 Å². The predicted molar refractivity (Wildman–Crippen MR) is 48.3 cm³/mol. The quantitative estimate of drug-likeness (QED) is 0.689. The highest BCUT2D eigenvalue weighted by atomic mass is 35.5. The van der Waals surface area contributed by atoms with E-state index in [2.05, 4.69) is 0 Å². The van der Waals surface area contributed by atoms with Gasteiger partial charge in [-0.1, -0.05) is 11.6 Å². The van der Waals surface area contributed by atoms with Crippen molar-refractivity contribution in [1.29, 1.82) is 0 Å². The zero-order valence-electron chi connectivity index (χ0n) is 6.67. The van der Waals surface area contributed by atoms with E-state index in [0.717, 1.165) is 0 Å². The Labute approximate surface area is 75.7 Å². The SMILES string of the molecule is COc1cc(N)c(Cl)cc1CO. The summed E-state index contributed by atoms with van der Waals surface area (Å²) in [7, 11) is 1.52. The zero-order chi connectivity index (χ0) is 9.14. The largest absolute Gasteiger partial charge is 0.496 e. The molecule has 12 heavy (non-hydrogen) atoms. The number of benzene rings is 1. The molecular formula is C8H10ClNO2. The molecule has 0 saturated heterocycles. The lowest BCUT2D eigenvalue weighted by atomic mass is 10.2. The smallest absolute Gasteiger partial charge is 0.126 e. The van der Waals surface area contributed by atoms with Gasteiger partial charge in [0.1, 0.15) is 5.75 Å². The predicted octanol–water partition coefficient (Wildman–Crippen LogP) is 1.42. The molecule has 0 bridgehead atoms. The van der Waals surface area contributed by atoms with E-state index in [0.29, 0.717) is 22.0 Å². The number of hydrogen-bond acceptors (Lipinski definition) is 3. The third-order valence-corrected chi connectivity index (χ3v) is 1.90. The van der Waals surface area contributed by atoms with Crippen molar-refractivity contribution >= 4 is 17.3 Å². The van der Waals surface area contributed by atoms with E-state index in [1.807, 2.05) is 0 Å². The summed E-state index contributed by atoms with van der Waals surface area (Å²) in [4.78, 5) is 0. The molecule has 4 heteroatoms. The van der Waals surface area contributed by atoms with Gasteiger partial charge in [0.15, 0.2) is 0 Å². The number of aliphatic hydroxyl groups is 1. The zero-order valence-corrected chi connectivity index (χ0v) is 7.43. The molecule has 0 amide bonds. The maximum absolute atomic E-state index is 8.89. The standard InChI is InChI=1S/C8H10ClNO2/c1-12-8-3-7(10)6(9)2-5(8)4-11/h2-3,11H,4,10H2,1H3. The Kier molecular flexibility index (Phi) is 2.78. The van der Waals surface area contributed by atoms with Gasteiger partial charge in [0, 0.05) is 11.6 Å². The number of ether oxygens (including phenoxy) is 1. The number of methoxy groups -OCH3 is 1. The highest BCUT2D eigenvalue weighted by Crippen LogP contribution is 2.28. The Morgan fingerprint density at radius 1 is 1.58 bits per heavy atom. The number of anilines is 1. The summed E-state index contributed by atoms with van der Waals surface area (Å²) in [5.41, 5.74) is 6.61. The topological polar surface area (TPSA) is 55.5 Å². The van der Waals surface area contributed by atoms with Crippen molar-refractivity contribution in [1.82, 2.24) is 0 Å². The van der Waals surface area contributed by atoms with Crippen LogP contribution in [0.25, 0.3) is 0 Å². The summed E-state index contributed by atoms with van der Waals surface area (Å²) in [6.07, 6.45) is 0. The van der Waals surface area contributed by atoms with Gasteiger partial charge >= 0.3 is 0 Å². The maximum Gasteiger partial charge on any atom is 0.126 e. The van der Waals surface area contributed by atoms with E-state index >= 15 is 0 Å². The van der Waals surface area contributed by atoms with Gasteiger partial charge in [-0.2, -0.15) is 0 Å². The highest BCUT2D eigenvalue weighted by molar-refractivity contribution is 6.33. The number of aliphatic hydroxyl groups excluding tert-OH is 1. The Bertz CT molecular complexity index is 260. The molecule has 0 radical (unpaired) electrons. The molecule has 0 saturated carbocycles. The minimum atomic E-state index is -0.108. The lowest BCUT2D eigenvalue weighted by molar-refractivity contribution is 0.274. The first-order chi connectivity index (χ1) is 5.69. The number of rotatable bonds is 2. The second-order valence-corrected chi connectivity index (χ2v) is 2.75. The lowest BCUT2D eigenvalue weighted by Gasteiger charge is -2.07. The minimum absolute atomic E-state index is 0.108. The van der Waals surface area contributed by atoms with E-state index in [1.54, 1.807) is 12.1 Å². The average molecular weight is 188 g/mol. The first-order valence-corrected chi connectivity index (χ1v) is 3.79. The van der Waals surface area contributed by atoms with Crippen molar-refractivity contribution < 1.29 is 9.84 Å². The van der Waals surface area contributed by atoms with Gasteiger partial charge in [-0.25, -0.2) is 0 Å². The van der Waals surface area contributed by atoms with Crippen molar-refractivity contribution in [2.24, 2.45) is 0 Å². The van der Waals surface area contributed by atoms with Crippen LogP contribution in [0, 0.1) is 0 Å². The first-order valence-electron chi connectivity index (χ1n) is 3.41. The van der Waals surface area contributed by atoms with Crippen molar-refractivity contribution in [3.63, 3.8) is 0 Å². The van der Waals surface area contributed by atoms with Gasteiger partial charge in [-0.15, -0.1) is 0 Å².